The molecule has 0 saturated carbocycles. The van der Waals surface area contributed by atoms with Crippen LogP contribution in [0.3, 0.4) is 0 Å². The van der Waals surface area contributed by atoms with Crippen molar-refractivity contribution >= 4 is 35.2 Å². The Morgan fingerprint density at radius 2 is 1.64 bits per heavy atom. The fourth-order valence-corrected chi connectivity index (χ4v) is 4.80. The molecule has 0 radical (unpaired) electrons. The van der Waals surface area contributed by atoms with Crippen LogP contribution in [0, 0.1) is 11.7 Å². The molecule has 7 heteroatoms. The molecule has 36 heavy (non-hydrogen) atoms. The Kier molecular flexibility index (Phi) is 10.8. The maximum Gasteiger partial charge on any atom is 0.243 e. The van der Waals surface area contributed by atoms with Crippen LogP contribution in [-0.4, -0.2) is 35.1 Å². The predicted octanol–water partition coefficient (Wildman–Crippen LogP) is 6.12. The Hall–Kier alpha value is -2.83. The summed E-state index contributed by atoms with van der Waals surface area (Å²) < 4.78 is 13.5. The molecule has 1 unspecified atom stereocenters. The van der Waals surface area contributed by atoms with Gasteiger partial charge in [0, 0.05) is 30.3 Å². The minimum Gasteiger partial charge on any atom is -0.354 e. The van der Waals surface area contributed by atoms with Crippen LogP contribution < -0.4 is 5.32 Å². The molecule has 0 aliphatic rings. The van der Waals surface area contributed by atoms with Crippen molar-refractivity contribution in [2.24, 2.45) is 5.92 Å². The monoisotopic (exact) mass is 526 g/mol. The van der Waals surface area contributed by atoms with Gasteiger partial charge in [-0.2, -0.15) is 0 Å². The Morgan fingerprint density at radius 3 is 2.31 bits per heavy atom. The smallest absolute Gasteiger partial charge is 0.243 e. The lowest BCUT2D eigenvalue weighted by atomic mass is 10.0. The zero-order chi connectivity index (χ0) is 25.9. The van der Waals surface area contributed by atoms with Gasteiger partial charge in [-0.25, -0.2) is 4.39 Å². The molecule has 2 amide bonds. The summed E-state index contributed by atoms with van der Waals surface area (Å²) in [4.78, 5) is 28.6. The zero-order valence-electron chi connectivity index (χ0n) is 20.6. The Morgan fingerprint density at radius 1 is 0.944 bits per heavy atom. The lowest BCUT2D eigenvalue weighted by Crippen LogP contribution is -2.51. The van der Waals surface area contributed by atoms with Gasteiger partial charge in [0.25, 0.3) is 0 Å². The largest absolute Gasteiger partial charge is 0.354 e. The van der Waals surface area contributed by atoms with Crippen molar-refractivity contribution in [1.82, 2.24) is 10.2 Å². The summed E-state index contributed by atoms with van der Waals surface area (Å²) in [6, 6.07) is 22.6. The minimum atomic E-state index is -0.699. The highest BCUT2D eigenvalue weighted by Gasteiger charge is 2.30. The molecule has 3 rings (SSSR count). The highest BCUT2D eigenvalue weighted by atomic mass is 35.5. The number of nitrogens with zero attached hydrogens (tertiary/aromatic N) is 1. The van der Waals surface area contributed by atoms with Crippen LogP contribution in [0.1, 0.15) is 30.5 Å². The lowest BCUT2D eigenvalue weighted by Gasteiger charge is -2.32. The van der Waals surface area contributed by atoms with Crippen LogP contribution in [-0.2, 0) is 28.3 Å². The van der Waals surface area contributed by atoms with Gasteiger partial charge in [-0.15, -0.1) is 11.8 Å². The fraction of sp³-hybridized carbons (Fsp3) is 0.310. The van der Waals surface area contributed by atoms with Crippen molar-refractivity contribution in [1.29, 1.82) is 0 Å². The van der Waals surface area contributed by atoms with Crippen LogP contribution in [0.2, 0.25) is 5.02 Å². The van der Waals surface area contributed by atoms with Gasteiger partial charge in [0.1, 0.15) is 11.9 Å². The van der Waals surface area contributed by atoms with E-state index in [4.69, 9.17) is 11.6 Å². The SMILES string of the molecule is CC(C)CNC(=O)C(Cc1ccccc1)N(Cc1ccc(F)cc1)C(=O)CSCc1cccc(Cl)c1. The number of hydrogen-bond donors (Lipinski definition) is 1. The first kappa shape index (κ1) is 27.8. The molecule has 3 aromatic rings. The van der Waals surface area contributed by atoms with E-state index in [2.05, 4.69) is 5.32 Å². The van der Waals surface area contributed by atoms with Crippen molar-refractivity contribution in [3.8, 4) is 0 Å². The van der Waals surface area contributed by atoms with Gasteiger partial charge >= 0.3 is 0 Å². The standard InChI is InChI=1S/C29H32ClFN2O2S/c1-21(2)17-32-29(35)27(16-22-7-4-3-5-8-22)33(18-23-11-13-26(31)14-12-23)28(34)20-36-19-24-9-6-10-25(30)15-24/h3-15,21,27H,16-20H2,1-2H3,(H,32,35). The molecular weight excluding hydrogens is 495 g/mol. The molecule has 0 aliphatic heterocycles. The molecule has 0 saturated heterocycles. The Bertz CT molecular complexity index is 1130. The lowest BCUT2D eigenvalue weighted by molar-refractivity contribution is -0.139. The summed E-state index contributed by atoms with van der Waals surface area (Å²) in [5.41, 5.74) is 2.76. The van der Waals surface area contributed by atoms with Crippen LogP contribution in [0.5, 0.6) is 0 Å². The number of rotatable bonds is 12. The number of benzene rings is 3. The van der Waals surface area contributed by atoms with Gasteiger partial charge in [0.15, 0.2) is 0 Å². The molecule has 4 nitrogen and oxygen atoms in total. The van der Waals surface area contributed by atoms with E-state index in [9.17, 15) is 14.0 Å². The number of nitrogens with one attached hydrogen (secondary N) is 1. The van der Waals surface area contributed by atoms with E-state index in [1.165, 1.54) is 23.9 Å². The average Bonchev–Trinajstić information content (AvgIpc) is 2.86. The van der Waals surface area contributed by atoms with Gasteiger partial charge in [-0.1, -0.05) is 80.0 Å². The van der Waals surface area contributed by atoms with Gasteiger partial charge in [-0.05, 0) is 46.9 Å². The topological polar surface area (TPSA) is 49.4 Å². The van der Waals surface area contributed by atoms with E-state index in [1.54, 1.807) is 17.0 Å². The van der Waals surface area contributed by atoms with Crippen molar-refractivity contribution in [2.45, 2.75) is 38.6 Å². The summed E-state index contributed by atoms with van der Waals surface area (Å²) in [5, 5.41) is 3.66. The van der Waals surface area contributed by atoms with Crippen LogP contribution in [0.25, 0.3) is 0 Å². The first-order valence-corrected chi connectivity index (χ1v) is 13.5. The molecular formula is C29H32ClFN2O2S. The Balaban J connectivity index is 1.83. The molecule has 190 valence electrons. The summed E-state index contributed by atoms with van der Waals surface area (Å²) in [5.74, 6) is 0.427. The highest BCUT2D eigenvalue weighted by Crippen LogP contribution is 2.20. The first-order chi connectivity index (χ1) is 17.3. The van der Waals surface area contributed by atoms with E-state index >= 15 is 0 Å². The van der Waals surface area contributed by atoms with Gasteiger partial charge < -0.3 is 10.2 Å². The third-order valence-corrected chi connectivity index (χ3v) is 6.83. The molecule has 0 aromatic heterocycles. The third kappa shape index (κ3) is 8.99. The maximum absolute atomic E-state index is 13.6. The minimum absolute atomic E-state index is 0.146. The van der Waals surface area contributed by atoms with E-state index in [0.717, 1.165) is 16.7 Å². The molecule has 0 spiro atoms. The Labute approximate surface area is 222 Å². The van der Waals surface area contributed by atoms with Crippen molar-refractivity contribution < 1.29 is 14.0 Å². The number of halogens is 2. The third-order valence-electron chi connectivity index (χ3n) is 5.61. The summed E-state index contributed by atoms with van der Waals surface area (Å²) in [6.07, 6.45) is 0.386. The van der Waals surface area contributed by atoms with Gasteiger partial charge in [0.05, 0.1) is 5.75 Å². The van der Waals surface area contributed by atoms with E-state index in [1.807, 2.05) is 68.4 Å². The normalized spacial score (nSPS) is 11.8. The second-order valence-electron chi connectivity index (χ2n) is 9.12. The molecule has 0 fully saturated rings. The molecule has 0 bridgehead atoms. The number of amides is 2. The van der Waals surface area contributed by atoms with E-state index in [0.29, 0.717) is 23.7 Å². The summed E-state index contributed by atoms with van der Waals surface area (Å²) in [7, 11) is 0. The number of hydrogen-bond acceptors (Lipinski definition) is 3. The second-order valence-corrected chi connectivity index (χ2v) is 10.5. The maximum atomic E-state index is 13.6. The van der Waals surface area contributed by atoms with Crippen molar-refractivity contribution in [2.75, 3.05) is 12.3 Å². The van der Waals surface area contributed by atoms with Crippen LogP contribution >= 0.6 is 23.4 Å². The zero-order valence-corrected chi connectivity index (χ0v) is 22.2. The fourth-order valence-electron chi connectivity index (χ4n) is 3.73. The van der Waals surface area contributed by atoms with Crippen molar-refractivity contribution in [3.63, 3.8) is 0 Å². The summed E-state index contributed by atoms with van der Waals surface area (Å²) >= 11 is 7.56. The number of thioether (sulfide) groups is 1. The van der Waals surface area contributed by atoms with Crippen LogP contribution in [0.4, 0.5) is 4.39 Å². The molecule has 3 aromatic carbocycles. The predicted molar refractivity (Wildman–Crippen MR) is 146 cm³/mol. The van der Waals surface area contributed by atoms with E-state index < -0.39 is 6.04 Å². The molecule has 0 heterocycles. The second kappa shape index (κ2) is 14.0. The number of carbonyl (C=O) groups excluding carboxylic acids is 2. The van der Waals surface area contributed by atoms with Gasteiger partial charge in [0.2, 0.25) is 11.8 Å². The summed E-state index contributed by atoms with van der Waals surface area (Å²) in [6.45, 7) is 4.79. The quantitative estimate of drug-likeness (QED) is 0.309. The molecule has 1 atom stereocenters. The van der Waals surface area contributed by atoms with Crippen LogP contribution in [0.15, 0.2) is 78.9 Å². The molecule has 0 aliphatic carbocycles. The molecule has 1 N–H and O–H groups in total. The highest BCUT2D eigenvalue weighted by molar-refractivity contribution is 7.99. The van der Waals surface area contributed by atoms with Crippen molar-refractivity contribution in [3.05, 3.63) is 106 Å². The first-order valence-electron chi connectivity index (χ1n) is 12.0. The number of carbonyl (C=O) groups is 2. The van der Waals surface area contributed by atoms with E-state index in [-0.39, 0.29) is 35.8 Å². The average molecular weight is 527 g/mol. The van der Waals surface area contributed by atoms with Gasteiger partial charge in [-0.3, -0.25) is 9.59 Å².